The molecule has 166 valence electrons. The van der Waals surface area contributed by atoms with E-state index in [1.54, 1.807) is 13.8 Å². The van der Waals surface area contributed by atoms with Crippen LogP contribution in [0.5, 0.6) is 5.75 Å². The van der Waals surface area contributed by atoms with E-state index in [0.717, 1.165) is 13.2 Å². The number of carbonyl (C=O) groups excluding carboxylic acids is 2. The summed E-state index contributed by atoms with van der Waals surface area (Å²) in [5, 5.41) is 2.60. The molecule has 30 heavy (non-hydrogen) atoms. The van der Waals surface area contributed by atoms with E-state index in [1.807, 2.05) is 0 Å². The van der Waals surface area contributed by atoms with Gasteiger partial charge in [0.1, 0.15) is 11.3 Å². The van der Waals surface area contributed by atoms with Crippen LogP contribution < -0.4 is 10.1 Å². The minimum atomic E-state index is -4.72. The van der Waals surface area contributed by atoms with Crippen molar-refractivity contribution in [2.75, 3.05) is 7.11 Å². The van der Waals surface area contributed by atoms with Crippen LogP contribution in [0.3, 0.4) is 0 Å². The third kappa shape index (κ3) is 4.29. The van der Waals surface area contributed by atoms with E-state index in [0.29, 0.717) is 6.07 Å². The lowest BCUT2D eigenvalue weighted by Gasteiger charge is -2.53. The SMILES string of the molecule is COc1ccc(C(=O)CC(NC(C)=O)(C2OC(C)O2)C2OC(C)O2)cc1C(F)(F)F. The van der Waals surface area contributed by atoms with Gasteiger partial charge in [0.05, 0.1) is 12.7 Å². The van der Waals surface area contributed by atoms with Crippen LogP contribution in [0, 0.1) is 0 Å². The van der Waals surface area contributed by atoms with Gasteiger partial charge in [0.15, 0.2) is 30.9 Å². The number of alkyl halides is 3. The molecule has 3 rings (SSSR count). The number of ketones is 1. The molecule has 1 amide bonds. The zero-order valence-electron chi connectivity index (χ0n) is 16.7. The van der Waals surface area contributed by atoms with Gasteiger partial charge in [-0.3, -0.25) is 9.59 Å². The van der Waals surface area contributed by atoms with E-state index < -0.39 is 66.3 Å². The lowest BCUT2D eigenvalue weighted by molar-refractivity contribution is -0.460. The lowest BCUT2D eigenvalue weighted by atomic mass is 9.86. The third-order valence-corrected chi connectivity index (χ3v) is 4.79. The van der Waals surface area contributed by atoms with Crippen LogP contribution in [0.2, 0.25) is 0 Å². The predicted molar refractivity (Wildman–Crippen MR) is 94.3 cm³/mol. The molecule has 2 aliphatic heterocycles. The number of rotatable bonds is 7. The molecule has 0 unspecified atom stereocenters. The first kappa shape index (κ1) is 22.5. The Bertz CT molecular complexity index is 799. The Balaban J connectivity index is 1.94. The second-order valence-corrected chi connectivity index (χ2v) is 7.08. The van der Waals surface area contributed by atoms with Crippen molar-refractivity contribution in [2.24, 2.45) is 0 Å². The van der Waals surface area contributed by atoms with Crippen LogP contribution >= 0.6 is 0 Å². The van der Waals surface area contributed by atoms with Gasteiger partial charge in [-0.25, -0.2) is 0 Å². The van der Waals surface area contributed by atoms with Gasteiger partial charge in [-0.05, 0) is 32.0 Å². The highest BCUT2D eigenvalue weighted by Gasteiger charge is 2.59. The quantitative estimate of drug-likeness (QED) is 0.661. The Kier molecular flexibility index (Phi) is 6.10. The molecule has 0 atom stereocenters. The van der Waals surface area contributed by atoms with Crippen LogP contribution in [0.25, 0.3) is 0 Å². The summed E-state index contributed by atoms with van der Waals surface area (Å²) in [6.07, 6.45) is -8.55. The molecule has 0 spiro atoms. The normalized spacial score (nSPS) is 28.0. The smallest absolute Gasteiger partial charge is 0.419 e. The van der Waals surface area contributed by atoms with Gasteiger partial charge >= 0.3 is 6.18 Å². The zero-order chi connectivity index (χ0) is 22.3. The number of hydrogen-bond donors (Lipinski definition) is 1. The molecule has 0 aliphatic carbocycles. The highest BCUT2D eigenvalue weighted by atomic mass is 19.4. The number of hydrogen-bond acceptors (Lipinski definition) is 7. The van der Waals surface area contributed by atoms with Gasteiger partial charge in [0, 0.05) is 18.9 Å². The lowest BCUT2D eigenvalue weighted by Crippen LogP contribution is -2.73. The maximum absolute atomic E-state index is 13.3. The standard InChI is InChI=1S/C19H22F3NO7/c1-9(24)23-18(16-27-10(2)28-16,17-29-11(3)30-17)8-14(25)12-5-6-15(26-4)13(7-12)19(20,21)22/h5-7,10-11,16-17H,8H2,1-4H3,(H,23,24). The molecule has 2 saturated heterocycles. The summed E-state index contributed by atoms with van der Waals surface area (Å²) in [5.74, 6) is -1.63. The first-order valence-corrected chi connectivity index (χ1v) is 9.15. The summed E-state index contributed by atoms with van der Waals surface area (Å²) in [6, 6.07) is 2.98. The Morgan fingerprint density at radius 1 is 1.07 bits per heavy atom. The molecule has 0 radical (unpaired) electrons. The number of methoxy groups -OCH3 is 1. The molecule has 1 aromatic carbocycles. The number of ether oxygens (including phenoxy) is 5. The van der Waals surface area contributed by atoms with Crippen LogP contribution in [-0.4, -0.2) is 49.5 Å². The van der Waals surface area contributed by atoms with Gasteiger partial charge in [-0.2, -0.15) is 13.2 Å². The topological polar surface area (TPSA) is 92.3 Å². The van der Waals surface area contributed by atoms with Gasteiger partial charge in [-0.1, -0.05) is 0 Å². The van der Waals surface area contributed by atoms with E-state index in [2.05, 4.69) is 5.32 Å². The maximum atomic E-state index is 13.3. The van der Waals surface area contributed by atoms with Gasteiger partial charge < -0.3 is 29.0 Å². The second kappa shape index (κ2) is 8.14. The molecule has 2 heterocycles. The number of nitrogens with one attached hydrogen (secondary N) is 1. The molecule has 0 saturated carbocycles. The summed E-state index contributed by atoms with van der Waals surface area (Å²) >= 11 is 0. The highest BCUT2D eigenvalue weighted by Crippen LogP contribution is 2.41. The number of amides is 1. The van der Waals surface area contributed by atoms with E-state index in [9.17, 15) is 22.8 Å². The third-order valence-electron chi connectivity index (χ3n) is 4.79. The van der Waals surface area contributed by atoms with Crippen molar-refractivity contribution in [2.45, 2.75) is 64.1 Å². The van der Waals surface area contributed by atoms with Crippen molar-refractivity contribution in [1.29, 1.82) is 0 Å². The second-order valence-electron chi connectivity index (χ2n) is 7.08. The van der Waals surface area contributed by atoms with Crippen LogP contribution in [0.15, 0.2) is 18.2 Å². The molecule has 2 aliphatic rings. The van der Waals surface area contributed by atoms with Crippen molar-refractivity contribution in [1.82, 2.24) is 5.32 Å². The molecule has 0 aromatic heterocycles. The molecule has 0 bridgehead atoms. The minimum absolute atomic E-state index is 0.224. The van der Waals surface area contributed by atoms with Crippen LogP contribution in [-0.2, 0) is 29.9 Å². The number of halogens is 3. The van der Waals surface area contributed by atoms with Gasteiger partial charge in [0.25, 0.3) is 0 Å². The Morgan fingerprint density at radius 2 is 1.60 bits per heavy atom. The largest absolute Gasteiger partial charge is 0.496 e. The minimum Gasteiger partial charge on any atom is -0.496 e. The number of benzene rings is 1. The zero-order valence-corrected chi connectivity index (χ0v) is 16.7. The van der Waals surface area contributed by atoms with Gasteiger partial charge in [-0.15, -0.1) is 0 Å². The van der Waals surface area contributed by atoms with Crippen molar-refractivity contribution in [3.8, 4) is 5.75 Å². The maximum Gasteiger partial charge on any atom is 0.419 e. The summed E-state index contributed by atoms with van der Waals surface area (Å²) < 4.78 is 66.7. The van der Waals surface area contributed by atoms with Crippen molar-refractivity contribution in [3.63, 3.8) is 0 Å². The fourth-order valence-corrected chi connectivity index (χ4v) is 3.44. The Hall–Kier alpha value is -2.21. The average Bonchev–Trinajstić information content (AvgIpc) is 2.60. The van der Waals surface area contributed by atoms with Crippen LogP contribution in [0.4, 0.5) is 13.2 Å². The molecule has 2 fully saturated rings. The molecule has 8 nitrogen and oxygen atoms in total. The van der Waals surface area contributed by atoms with E-state index in [4.69, 9.17) is 23.7 Å². The van der Waals surface area contributed by atoms with Crippen molar-refractivity contribution < 1.29 is 46.4 Å². The summed E-state index contributed by atoms with van der Waals surface area (Å²) in [7, 11) is 1.10. The van der Waals surface area contributed by atoms with Crippen molar-refractivity contribution >= 4 is 11.7 Å². The summed E-state index contributed by atoms with van der Waals surface area (Å²) in [4.78, 5) is 24.9. The average molecular weight is 433 g/mol. The fourth-order valence-electron chi connectivity index (χ4n) is 3.44. The molecular formula is C19H22F3NO7. The van der Waals surface area contributed by atoms with Gasteiger partial charge in [0.2, 0.25) is 5.91 Å². The first-order chi connectivity index (χ1) is 14.0. The molecular weight excluding hydrogens is 411 g/mol. The van der Waals surface area contributed by atoms with E-state index >= 15 is 0 Å². The number of carbonyl (C=O) groups is 2. The first-order valence-electron chi connectivity index (χ1n) is 9.15. The summed E-state index contributed by atoms with van der Waals surface area (Å²) in [5.41, 5.74) is -2.90. The van der Waals surface area contributed by atoms with E-state index in [1.165, 1.54) is 13.0 Å². The molecule has 1 aromatic rings. The monoisotopic (exact) mass is 433 g/mol. The fraction of sp³-hybridized carbons (Fsp3) is 0.579. The Morgan fingerprint density at radius 3 is 2.00 bits per heavy atom. The predicted octanol–water partition coefficient (Wildman–Crippen LogP) is 2.60. The summed E-state index contributed by atoms with van der Waals surface area (Å²) in [6.45, 7) is 4.45. The van der Waals surface area contributed by atoms with Crippen molar-refractivity contribution in [3.05, 3.63) is 29.3 Å². The van der Waals surface area contributed by atoms with E-state index in [-0.39, 0.29) is 5.56 Å². The highest BCUT2D eigenvalue weighted by molar-refractivity contribution is 5.97. The van der Waals surface area contributed by atoms with Crippen LogP contribution in [0.1, 0.15) is 43.1 Å². The molecule has 1 N–H and O–H groups in total. The Labute approximate surface area is 170 Å². The number of Topliss-reactive ketones (excluding diaryl/α,β-unsaturated/α-hetero) is 1. The molecule has 11 heteroatoms.